The molecule has 1 aromatic heterocycles. The van der Waals surface area contributed by atoms with Crippen LogP contribution in [0.1, 0.15) is 32.0 Å². The van der Waals surface area contributed by atoms with Gasteiger partial charge in [-0.25, -0.2) is 4.98 Å². The average molecular weight is 195 g/mol. The molecule has 14 heavy (non-hydrogen) atoms. The van der Waals surface area contributed by atoms with E-state index in [4.69, 9.17) is 5.73 Å². The number of nitrogens with zero attached hydrogens (tertiary/aromatic N) is 2. The second kappa shape index (κ2) is 5.81. The molecule has 0 aromatic carbocycles. The van der Waals surface area contributed by atoms with Gasteiger partial charge in [0.05, 0.1) is 0 Å². The Labute approximate surface area is 86.3 Å². The number of rotatable bonds is 6. The van der Waals surface area contributed by atoms with E-state index in [0.717, 1.165) is 19.4 Å². The number of imidazole rings is 1. The zero-order valence-corrected chi connectivity index (χ0v) is 9.24. The fourth-order valence-corrected chi connectivity index (χ4v) is 1.76. The van der Waals surface area contributed by atoms with Crippen LogP contribution in [0.4, 0.5) is 0 Å². The number of aryl methyl sites for hydroxylation is 2. The summed E-state index contributed by atoms with van der Waals surface area (Å²) in [5, 5.41) is 0. The summed E-state index contributed by atoms with van der Waals surface area (Å²) >= 11 is 0. The lowest BCUT2D eigenvalue weighted by Crippen LogP contribution is -2.15. The summed E-state index contributed by atoms with van der Waals surface area (Å²) in [6.07, 6.45) is 8.52. The first-order valence-corrected chi connectivity index (χ1v) is 5.44. The summed E-state index contributed by atoms with van der Waals surface area (Å²) in [6, 6.07) is 0. The molecule has 0 amide bonds. The van der Waals surface area contributed by atoms with Crippen LogP contribution in [0, 0.1) is 5.92 Å². The van der Waals surface area contributed by atoms with Gasteiger partial charge in [0.1, 0.15) is 5.82 Å². The topological polar surface area (TPSA) is 43.8 Å². The highest BCUT2D eigenvalue weighted by molar-refractivity contribution is 4.91. The van der Waals surface area contributed by atoms with Gasteiger partial charge in [-0.3, -0.25) is 0 Å². The molecule has 1 rings (SSSR count). The maximum Gasteiger partial charge on any atom is 0.108 e. The van der Waals surface area contributed by atoms with Crippen molar-refractivity contribution >= 4 is 0 Å². The Kier molecular flexibility index (Phi) is 4.66. The predicted octanol–water partition coefficient (Wildman–Crippen LogP) is 1.73. The summed E-state index contributed by atoms with van der Waals surface area (Å²) in [4.78, 5) is 4.30. The van der Waals surface area contributed by atoms with Crippen molar-refractivity contribution in [2.45, 2.75) is 32.6 Å². The van der Waals surface area contributed by atoms with Crippen LogP contribution < -0.4 is 5.73 Å². The van der Waals surface area contributed by atoms with Gasteiger partial charge in [-0.1, -0.05) is 13.3 Å². The molecule has 0 aliphatic carbocycles. The van der Waals surface area contributed by atoms with Crippen molar-refractivity contribution < 1.29 is 0 Å². The second-order valence-corrected chi connectivity index (χ2v) is 3.88. The van der Waals surface area contributed by atoms with Gasteiger partial charge in [-0.15, -0.1) is 0 Å². The second-order valence-electron chi connectivity index (χ2n) is 3.88. The number of hydrogen-bond donors (Lipinski definition) is 1. The van der Waals surface area contributed by atoms with Gasteiger partial charge >= 0.3 is 0 Å². The number of hydrogen-bond acceptors (Lipinski definition) is 2. The molecular formula is C11H21N3. The first-order chi connectivity index (χ1) is 6.77. The van der Waals surface area contributed by atoms with Crippen LogP contribution in [0.3, 0.4) is 0 Å². The SMILES string of the molecule is CCCC(CN)CCc1nccn1C. The van der Waals surface area contributed by atoms with Crippen LogP contribution in [-0.4, -0.2) is 16.1 Å². The maximum atomic E-state index is 5.71. The predicted molar refractivity (Wildman–Crippen MR) is 59.0 cm³/mol. The average Bonchev–Trinajstić information content (AvgIpc) is 2.59. The van der Waals surface area contributed by atoms with Crippen molar-refractivity contribution in [2.24, 2.45) is 18.7 Å². The zero-order chi connectivity index (χ0) is 10.4. The van der Waals surface area contributed by atoms with Gasteiger partial charge in [0.2, 0.25) is 0 Å². The molecule has 1 unspecified atom stereocenters. The Hall–Kier alpha value is -0.830. The molecule has 0 aliphatic rings. The first-order valence-electron chi connectivity index (χ1n) is 5.44. The normalized spacial score (nSPS) is 13.1. The minimum Gasteiger partial charge on any atom is -0.338 e. The van der Waals surface area contributed by atoms with Gasteiger partial charge in [-0.2, -0.15) is 0 Å². The molecule has 1 aromatic rings. The molecule has 0 aliphatic heterocycles. The van der Waals surface area contributed by atoms with E-state index in [1.807, 2.05) is 19.4 Å². The van der Waals surface area contributed by atoms with Crippen molar-refractivity contribution in [1.82, 2.24) is 9.55 Å². The van der Waals surface area contributed by atoms with Crippen LogP contribution in [0.2, 0.25) is 0 Å². The molecule has 0 radical (unpaired) electrons. The largest absolute Gasteiger partial charge is 0.338 e. The molecule has 3 heteroatoms. The highest BCUT2D eigenvalue weighted by Crippen LogP contribution is 2.12. The minimum absolute atomic E-state index is 0.664. The Morgan fingerprint density at radius 1 is 1.50 bits per heavy atom. The number of aromatic nitrogens is 2. The Morgan fingerprint density at radius 3 is 2.79 bits per heavy atom. The number of nitrogens with two attached hydrogens (primary N) is 1. The van der Waals surface area contributed by atoms with Crippen LogP contribution in [-0.2, 0) is 13.5 Å². The first kappa shape index (κ1) is 11.2. The van der Waals surface area contributed by atoms with E-state index >= 15 is 0 Å². The lowest BCUT2D eigenvalue weighted by molar-refractivity contribution is 0.448. The van der Waals surface area contributed by atoms with E-state index in [0.29, 0.717) is 5.92 Å². The van der Waals surface area contributed by atoms with E-state index in [9.17, 15) is 0 Å². The minimum atomic E-state index is 0.664. The lowest BCUT2D eigenvalue weighted by Gasteiger charge is -2.12. The van der Waals surface area contributed by atoms with E-state index in [1.165, 1.54) is 18.7 Å². The third-order valence-corrected chi connectivity index (χ3v) is 2.73. The van der Waals surface area contributed by atoms with Gasteiger partial charge in [-0.05, 0) is 25.3 Å². The molecular weight excluding hydrogens is 174 g/mol. The fraction of sp³-hybridized carbons (Fsp3) is 0.727. The third kappa shape index (κ3) is 3.14. The van der Waals surface area contributed by atoms with Gasteiger partial charge < -0.3 is 10.3 Å². The van der Waals surface area contributed by atoms with E-state index < -0.39 is 0 Å². The van der Waals surface area contributed by atoms with Crippen molar-refractivity contribution in [2.75, 3.05) is 6.54 Å². The Bertz CT molecular complexity index is 255. The summed E-state index contributed by atoms with van der Waals surface area (Å²) in [6.45, 7) is 3.02. The molecule has 80 valence electrons. The van der Waals surface area contributed by atoms with Crippen molar-refractivity contribution in [3.8, 4) is 0 Å². The monoisotopic (exact) mass is 195 g/mol. The summed E-state index contributed by atoms with van der Waals surface area (Å²) < 4.78 is 2.08. The standard InChI is InChI=1S/C11H21N3/c1-3-4-10(9-12)5-6-11-13-7-8-14(11)2/h7-8,10H,3-6,9,12H2,1-2H3. The summed E-state index contributed by atoms with van der Waals surface area (Å²) in [5.41, 5.74) is 5.71. The summed E-state index contributed by atoms with van der Waals surface area (Å²) in [7, 11) is 2.04. The smallest absolute Gasteiger partial charge is 0.108 e. The van der Waals surface area contributed by atoms with Crippen molar-refractivity contribution in [1.29, 1.82) is 0 Å². The van der Waals surface area contributed by atoms with Crippen LogP contribution in [0.15, 0.2) is 12.4 Å². The fourth-order valence-electron chi connectivity index (χ4n) is 1.76. The van der Waals surface area contributed by atoms with Crippen LogP contribution in [0.5, 0.6) is 0 Å². The van der Waals surface area contributed by atoms with Crippen molar-refractivity contribution in [3.63, 3.8) is 0 Å². The highest BCUT2D eigenvalue weighted by Gasteiger charge is 2.07. The summed E-state index contributed by atoms with van der Waals surface area (Å²) in [5.74, 6) is 1.83. The molecule has 0 saturated carbocycles. The quantitative estimate of drug-likeness (QED) is 0.751. The van der Waals surface area contributed by atoms with Crippen LogP contribution in [0.25, 0.3) is 0 Å². The maximum absolute atomic E-state index is 5.71. The van der Waals surface area contributed by atoms with Gasteiger partial charge in [0, 0.05) is 25.9 Å². The molecule has 0 fully saturated rings. The molecule has 3 nitrogen and oxygen atoms in total. The van der Waals surface area contributed by atoms with E-state index in [-0.39, 0.29) is 0 Å². The Morgan fingerprint density at radius 2 is 2.29 bits per heavy atom. The Balaban J connectivity index is 2.35. The van der Waals surface area contributed by atoms with Gasteiger partial charge in [0.25, 0.3) is 0 Å². The molecule has 0 bridgehead atoms. The van der Waals surface area contributed by atoms with E-state index in [2.05, 4.69) is 16.5 Å². The van der Waals surface area contributed by atoms with Crippen molar-refractivity contribution in [3.05, 3.63) is 18.2 Å². The zero-order valence-electron chi connectivity index (χ0n) is 9.24. The third-order valence-electron chi connectivity index (χ3n) is 2.73. The lowest BCUT2D eigenvalue weighted by atomic mass is 9.98. The van der Waals surface area contributed by atoms with E-state index in [1.54, 1.807) is 0 Å². The molecule has 2 N–H and O–H groups in total. The van der Waals surface area contributed by atoms with Gasteiger partial charge in [0.15, 0.2) is 0 Å². The van der Waals surface area contributed by atoms with Crippen LogP contribution >= 0.6 is 0 Å². The molecule has 1 atom stereocenters. The molecule has 0 spiro atoms. The molecule has 1 heterocycles. The highest BCUT2D eigenvalue weighted by atomic mass is 15.0. The molecule has 0 saturated heterocycles.